The van der Waals surface area contributed by atoms with Crippen LogP contribution in [0.25, 0.3) is 11.4 Å². The van der Waals surface area contributed by atoms with Crippen LogP contribution in [0, 0.1) is 0 Å². The summed E-state index contributed by atoms with van der Waals surface area (Å²) in [7, 11) is 0. The molecule has 0 aliphatic carbocycles. The molecular formula is C9H9N3O. The number of hydrogen-bond donors (Lipinski definition) is 1. The highest BCUT2D eigenvalue weighted by atomic mass is 16.5. The van der Waals surface area contributed by atoms with E-state index in [0.29, 0.717) is 12.4 Å². The summed E-state index contributed by atoms with van der Waals surface area (Å²) >= 11 is 0. The van der Waals surface area contributed by atoms with Crippen LogP contribution in [-0.2, 0) is 6.54 Å². The molecule has 0 aliphatic heterocycles. The van der Waals surface area contributed by atoms with Crippen LogP contribution < -0.4 is 5.73 Å². The summed E-state index contributed by atoms with van der Waals surface area (Å²) in [5, 5.41) is 3.73. The summed E-state index contributed by atoms with van der Waals surface area (Å²) in [5.41, 5.74) is 7.49. The maximum atomic E-state index is 5.51. The molecule has 0 amide bonds. The lowest BCUT2D eigenvalue weighted by molar-refractivity contribution is 0.419. The standard InChI is InChI=1S/C9H9N3O/c10-5-7-2-1-3-8(4-7)9-11-6-13-12-9/h1-4,6H,5,10H2. The first kappa shape index (κ1) is 7.94. The van der Waals surface area contributed by atoms with Gasteiger partial charge in [-0.15, -0.1) is 0 Å². The monoisotopic (exact) mass is 175 g/mol. The Morgan fingerprint density at radius 3 is 3.00 bits per heavy atom. The first-order valence-electron chi connectivity index (χ1n) is 3.96. The Hall–Kier alpha value is -1.68. The van der Waals surface area contributed by atoms with Crippen molar-refractivity contribution < 1.29 is 4.52 Å². The number of nitrogens with two attached hydrogens (primary N) is 1. The molecule has 2 N–H and O–H groups in total. The van der Waals surface area contributed by atoms with Gasteiger partial charge in [-0.1, -0.05) is 23.4 Å². The molecular weight excluding hydrogens is 166 g/mol. The zero-order valence-corrected chi connectivity index (χ0v) is 6.97. The number of nitrogens with zero attached hydrogens (tertiary/aromatic N) is 2. The number of aromatic nitrogens is 2. The van der Waals surface area contributed by atoms with Crippen molar-refractivity contribution in [2.75, 3.05) is 0 Å². The van der Waals surface area contributed by atoms with Crippen molar-refractivity contribution in [3.8, 4) is 11.4 Å². The lowest BCUT2D eigenvalue weighted by Crippen LogP contribution is -1.95. The van der Waals surface area contributed by atoms with Crippen LogP contribution in [0.1, 0.15) is 5.56 Å². The van der Waals surface area contributed by atoms with E-state index in [-0.39, 0.29) is 0 Å². The van der Waals surface area contributed by atoms with Gasteiger partial charge in [0.05, 0.1) is 0 Å². The molecule has 4 nitrogen and oxygen atoms in total. The minimum atomic E-state index is 0.520. The number of hydrogen-bond acceptors (Lipinski definition) is 4. The fourth-order valence-electron chi connectivity index (χ4n) is 1.14. The van der Waals surface area contributed by atoms with E-state index in [1.54, 1.807) is 0 Å². The topological polar surface area (TPSA) is 64.9 Å². The van der Waals surface area contributed by atoms with Crippen molar-refractivity contribution in [3.05, 3.63) is 36.2 Å². The first-order chi connectivity index (χ1) is 6.40. The van der Waals surface area contributed by atoms with Crippen LogP contribution in [0.2, 0.25) is 0 Å². The summed E-state index contributed by atoms with van der Waals surface area (Å²) in [5.74, 6) is 0.593. The van der Waals surface area contributed by atoms with Gasteiger partial charge in [-0.25, -0.2) is 0 Å². The SMILES string of the molecule is NCc1cccc(-c2ncon2)c1. The molecule has 0 fully saturated rings. The normalized spacial score (nSPS) is 10.2. The molecule has 0 atom stereocenters. The maximum Gasteiger partial charge on any atom is 0.214 e. The van der Waals surface area contributed by atoms with E-state index in [0.717, 1.165) is 11.1 Å². The minimum Gasteiger partial charge on any atom is -0.342 e. The zero-order chi connectivity index (χ0) is 9.10. The van der Waals surface area contributed by atoms with Crippen LogP contribution >= 0.6 is 0 Å². The minimum absolute atomic E-state index is 0.520. The fourth-order valence-corrected chi connectivity index (χ4v) is 1.14. The number of benzene rings is 1. The molecule has 0 spiro atoms. The summed E-state index contributed by atoms with van der Waals surface area (Å²) in [6, 6.07) is 7.76. The average Bonchev–Trinajstić information content (AvgIpc) is 2.71. The smallest absolute Gasteiger partial charge is 0.214 e. The van der Waals surface area contributed by atoms with Gasteiger partial charge < -0.3 is 10.3 Å². The largest absolute Gasteiger partial charge is 0.342 e. The molecule has 1 aromatic heterocycles. The Labute approximate surface area is 75.4 Å². The van der Waals surface area contributed by atoms with Crippen molar-refractivity contribution in [2.24, 2.45) is 5.73 Å². The lowest BCUT2D eigenvalue weighted by atomic mass is 10.1. The second-order valence-electron chi connectivity index (χ2n) is 2.66. The maximum absolute atomic E-state index is 5.51. The molecule has 66 valence electrons. The predicted octanol–water partition coefficient (Wildman–Crippen LogP) is 1.20. The van der Waals surface area contributed by atoms with E-state index >= 15 is 0 Å². The molecule has 2 aromatic rings. The zero-order valence-electron chi connectivity index (χ0n) is 6.97. The van der Waals surface area contributed by atoms with Gasteiger partial charge in [0.15, 0.2) is 0 Å². The van der Waals surface area contributed by atoms with Crippen LogP contribution in [-0.4, -0.2) is 10.1 Å². The molecule has 0 radical (unpaired) electrons. The lowest BCUT2D eigenvalue weighted by Gasteiger charge is -1.97. The molecule has 1 aromatic carbocycles. The van der Waals surface area contributed by atoms with Gasteiger partial charge in [-0.3, -0.25) is 0 Å². The van der Waals surface area contributed by atoms with E-state index < -0.39 is 0 Å². The molecule has 0 saturated heterocycles. The summed E-state index contributed by atoms with van der Waals surface area (Å²) < 4.78 is 4.65. The van der Waals surface area contributed by atoms with Crippen molar-refractivity contribution in [2.45, 2.75) is 6.54 Å². The van der Waals surface area contributed by atoms with Gasteiger partial charge in [-0.2, -0.15) is 4.98 Å². The van der Waals surface area contributed by atoms with Crippen LogP contribution in [0.3, 0.4) is 0 Å². The molecule has 0 saturated carbocycles. The van der Waals surface area contributed by atoms with E-state index in [9.17, 15) is 0 Å². The van der Waals surface area contributed by atoms with Crippen LogP contribution in [0.4, 0.5) is 0 Å². The van der Waals surface area contributed by atoms with Crippen molar-refractivity contribution in [1.29, 1.82) is 0 Å². The second kappa shape index (κ2) is 3.37. The molecule has 0 unspecified atom stereocenters. The third kappa shape index (κ3) is 1.57. The van der Waals surface area contributed by atoms with Crippen LogP contribution in [0.15, 0.2) is 35.2 Å². The Morgan fingerprint density at radius 1 is 1.38 bits per heavy atom. The van der Waals surface area contributed by atoms with Gasteiger partial charge in [0.1, 0.15) is 0 Å². The fraction of sp³-hybridized carbons (Fsp3) is 0.111. The Kier molecular flexibility index (Phi) is 2.06. The van der Waals surface area contributed by atoms with Crippen molar-refractivity contribution in [3.63, 3.8) is 0 Å². The Morgan fingerprint density at radius 2 is 2.31 bits per heavy atom. The summed E-state index contributed by atoms with van der Waals surface area (Å²) in [6.07, 6.45) is 1.31. The highest BCUT2D eigenvalue weighted by Crippen LogP contribution is 2.15. The third-order valence-electron chi connectivity index (χ3n) is 1.78. The van der Waals surface area contributed by atoms with Crippen LogP contribution in [0.5, 0.6) is 0 Å². The highest BCUT2D eigenvalue weighted by Gasteiger charge is 2.02. The number of rotatable bonds is 2. The Balaban J connectivity index is 2.41. The molecule has 1 heterocycles. The van der Waals surface area contributed by atoms with E-state index in [1.165, 1.54) is 6.39 Å². The van der Waals surface area contributed by atoms with Gasteiger partial charge in [-0.05, 0) is 11.6 Å². The van der Waals surface area contributed by atoms with Crippen molar-refractivity contribution >= 4 is 0 Å². The summed E-state index contributed by atoms with van der Waals surface area (Å²) in [6.45, 7) is 0.520. The third-order valence-corrected chi connectivity index (χ3v) is 1.78. The second-order valence-corrected chi connectivity index (χ2v) is 2.66. The molecule has 13 heavy (non-hydrogen) atoms. The first-order valence-corrected chi connectivity index (χ1v) is 3.96. The van der Waals surface area contributed by atoms with Crippen molar-refractivity contribution in [1.82, 2.24) is 10.1 Å². The van der Waals surface area contributed by atoms with Gasteiger partial charge in [0.25, 0.3) is 0 Å². The molecule has 0 aliphatic rings. The van der Waals surface area contributed by atoms with E-state index in [2.05, 4.69) is 14.7 Å². The van der Waals surface area contributed by atoms with Gasteiger partial charge in [0, 0.05) is 12.1 Å². The Bertz CT molecular complexity index is 384. The van der Waals surface area contributed by atoms with E-state index in [4.69, 9.17) is 5.73 Å². The quantitative estimate of drug-likeness (QED) is 0.744. The molecule has 4 heteroatoms. The van der Waals surface area contributed by atoms with E-state index in [1.807, 2.05) is 24.3 Å². The average molecular weight is 175 g/mol. The predicted molar refractivity (Wildman–Crippen MR) is 47.6 cm³/mol. The molecule has 0 bridgehead atoms. The van der Waals surface area contributed by atoms with Gasteiger partial charge in [0.2, 0.25) is 12.2 Å². The summed E-state index contributed by atoms with van der Waals surface area (Å²) in [4.78, 5) is 3.94. The van der Waals surface area contributed by atoms with Gasteiger partial charge >= 0.3 is 0 Å². The molecule has 2 rings (SSSR count). The highest BCUT2D eigenvalue weighted by molar-refractivity contribution is 5.54.